The molecule has 1 aliphatic heterocycles. The first-order valence-corrected chi connectivity index (χ1v) is 7.42. The summed E-state index contributed by atoms with van der Waals surface area (Å²) < 4.78 is 29.7. The number of hydrogen-bond acceptors (Lipinski definition) is 4. The SMILES string of the molecule is Nc1cccc(Cl)c1S(=O)(=O)CC1CCCO1. The molecule has 1 fully saturated rings. The van der Waals surface area contributed by atoms with E-state index >= 15 is 0 Å². The van der Waals surface area contributed by atoms with Gasteiger partial charge in [-0.2, -0.15) is 0 Å². The first-order valence-electron chi connectivity index (χ1n) is 5.39. The summed E-state index contributed by atoms with van der Waals surface area (Å²) >= 11 is 5.90. The third kappa shape index (κ3) is 2.73. The smallest absolute Gasteiger partial charge is 0.184 e. The molecular formula is C11H14ClNO3S. The summed E-state index contributed by atoms with van der Waals surface area (Å²) in [5.74, 6) is -0.0546. The molecule has 94 valence electrons. The van der Waals surface area contributed by atoms with Gasteiger partial charge in [-0.3, -0.25) is 0 Å². The van der Waals surface area contributed by atoms with E-state index in [1.165, 1.54) is 12.1 Å². The Balaban J connectivity index is 2.31. The van der Waals surface area contributed by atoms with Gasteiger partial charge in [0.05, 0.1) is 22.6 Å². The van der Waals surface area contributed by atoms with Crippen molar-refractivity contribution in [3.63, 3.8) is 0 Å². The van der Waals surface area contributed by atoms with Crippen LogP contribution in [0.3, 0.4) is 0 Å². The highest BCUT2D eigenvalue weighted by molar-refractivity contribution is 7.91. The van der Waals surface area contributed by atoms with Crippen molar-refractivity contribution in [1.29, 1.82) is 0 Å². The summed E-state index contributed by atoms with van der Waals surface area (Å²) in [4.78, 5) is 0.0252. The lowest BCUT2D eigenvalue weighted by atomic mass is 10.3. The van der Waals surface area contributed by atoms with Crippen LogP contribution >= 0.6 is 11.6 Å². The molecule has 0 aliphatic carbocycles. The van der Waals surface area contributed by atoms with E-state index in [1.807, 2.05) is 0 Å². The number of benzene rings is 1. The maximum Gasteiger partial charge on any atom is 0.184 e. The molecule has 17 heavy (non-hydrogen) atoms. The van der Waals surface area contributed by atoms with Crippen molar-refractivity contribution in [2.24, 2.45) is 0 Å². The van der Waals surface area contributed by atoms with Crippen molar-refractivity contribution in [2.75, 3.05) is 18.1 Å². The van der Waals surface area contributed by atoms with Crippen LogP contribution in [0.4, 0.5) is 5.69 Å². The van der Waals surface area contributed by atoms with Crippen LogP contribution < -0.4 is 5.73 Å². The summed E-state index contributed by atoms with van der Waals surface area (Å²) in [5.41, 5.74) is 5.87. The fraction of sp³-hybridized carbons (Fsp3) is 0.455. The maximum atomic E-state index is 12.2. The highest BCUT2D eigenvalue weighted by Gasteiger charge is 2.27. The summed E-state index contributed by atoms with van der Waals surface area (Å²) in [5, 5.41) is 0.169. The topological polar surface area (TPSA) is 69.4 Å². The Bertz CT molecular complexity index is 489. The molecule has 1 aromatic rings. The largest absolute Gasteiger partial charge is 0.398 e. The third-order valence-corrected chi connectivity index (χ3v) is 5.05. The number of nitrogen functional groups attached to an aromatic ring is 1. The lowest BCUT2D eigenvalue weighted by molar-refractivity contribution is 0.127. The van der Waals surface area contributed by atoms with Crippen molar-refractivity contribution in [1.82, 2.24) is 0 Å². The first-order chi connectivity index (χ1) is 8.00. The number of halogens is 1. The molecule has 1 saturated heterocycles. The van der Waals surface area contributed by atoms with Gasteiger partial charge in [0.1, 0.15) is 4.90 Å². The van der Waals surface area contributed by atoms with Crippen LogP contribution in [0.25, 0.3) is 0 Å². The minimum atomic E-state index is -3.49. The quantitative estimate of drug-likeness (QED) is 0.855. The Kier molecular flexibility index (Phi) is 3.61. The van der Waals surface area contributed by atoms with Gasteiger partial charge in [-0.05, 0) is 25.0 Å². The molecule has 1 aliphatic rings. The molecule has 1 atom stereocenters. The molecule has 0 spiro atoms. The van der Waals surface area contributed by atoms with Crippen LogP contribution in [0.5, 0.6) is 0 Å². The van der Waals surface area contributed by atoms with E-state index in [4.69, 9.17) is 22.1 Å². The number of sulfone groups is 1. The van der Waals surface area contributed by atoms with Gasteiger partial charge in [0.2, 0.25) is 0 Å². The van der Waals surface area contributed by atoms with Crippen molar-refractivity contribution in [3.05, 3.63) is 23.2 Å². The molecule has 0 saturated carbocycles. The summed E-state index contributed by atoms with van der Waals surface area (Å²) in [6, 6.07) is 4.69. The molecule has 0 bridgehead atoms. The zero-order valence-electron chi connectivity index (χ0n) is 9.23. The number of anilines is 1. The molecule has 2 rings (SSSR count). The minimum absolute atomic E-state index is 0.0252. The summed E-state index contributed by atoms with van der Waals surface area (Å²) in [6.45, 7) is 0.623. The van der Waals surface area contributed by atoms with Crippen LogP contribution in [-0.4, -0.2) is 26.9 Å². The number of rotatable bonds is 3. The van der Waals surface area contributed by atoms with Gasteiger partial charge in [0.25, 0.3) is 0 Å². The van der Waals surface area contributed by atoms with Crippen LogP contribution in [0.1, 0.15) is 12.8 Å². The first kappa shape index (κ1) is 12.7. The molecule has 1 heterocycles. The zero-order valence-corrected chi connectivity index (χ0v) is 10.8. The number of hydrogen-bond donors (Lipinski definition) is 1. The number of ether oxygens (including phenoxy) is 1. The second kappa shape index (κ2) is 4.84. The lowest BCUT2D eigenvalue weighted by Gasteiger charge is -2.12. The Labute approximate surface area is 106 Å². The van der Waals surface area contributed by atoms with E-state index in [9.17, 15) is 8.42 Å². The third-order valence-electron chi connectivity index (χ3n) is 2.74. The maximum absolute atomic E-state index is 12.2. The van der Waals surface area contributed by atoms with E-state index in [0.29, 0.717) is 6.61 Å². The summed E-state index contributed by atoms with van der Waals surface area (Å²) in [6.07, 6.45) is 1.43. The second-order valence-electron chi connectivity index (χ2n) is 4.07. The standard InChI is InChI=1S/C11H14ClNO3S/c12-9-4-1-5-10(13)11(9)17(14,15)7-8-3-2-6-16-8/h1,4-5,8H,2-3,6-7,13H2. The van der Waals surface area contributed by atoms with Gasteiger partial charge in [0, 0.05) is 6.61 Å². The van der Waals surface area contributed by atoms with E-state index in [1.54, 1.807) is 6.07 Å². The predicted molar refractivity (Wildman–Crippen MR) is 66.9 cm³/mol. The molecule has 0 radical (unpaired) electrons. The Morgan fingerprint density at radius 2 is 2.24 bits per heavy atom. The molecule has 0 amide bonds. The van der Waals surface area contributed by atoms with Crippen LogP contribution in [0.15, 0.2) is 23.1 Å². The second-order valence-corrected chi connectivity index (χ2v) is 6.45. The zero-order chi connectivity index (χ0) is 12.5. The van der Waals surface area contributed by atoms with Crippen molar-refractivity contribution >= 4 is 27.1 Å². The number of nitrogens with two attached hydrogens (primary N) is 1. The normalized spacial score (nSPS) is 20.6. The minimum Gasteiger partial charge on any atom is -0.398 e. The fourth-order valence-electron chi connectivity index (χ4n) is 1.96. The monoisotopic (exact) mass is 275 g/mol. The van der Waals surface area contributed by atoms with Crippen molar-refractivity contribution < 1.29 is 13.2 Å². The summed E-state index contributed by atoms with van der Waals surface area (Å²) in [7, 11) is -3.49. The van der Waals surface area contributed by atoms with E-state index in [2.05, 4.69) is 0 Å². The molecule has 4 nitrogen and oxygen atoms in total. The van der Waals surface area contributed by atoms with Crippen LogP contribution in [0.2, 0.25) is 5.02 Å². The molecule has 1 aromatic carbocycles. The van der Waals surface area contributed by atoms with Crippen LogP contribution in [0, 0.1) is 0 Å². The molecule has 1 unspecified atom stereocenters. The predicted octanol–water partition coefficient (Wildman–Crippen LogP) is 1.87. The average Bonchev–Trinajstić information content (AvgIpc) is 2.68. The van der Waals surface area contributed by atoms with Gasteiger partial charge in [-0.1, -0.05) is 17.7 Å². The van der Waals surface area contributed by atoms with E-state index in [-0.39, 0.29) is 27.5 Å². The Morgan fingerprint density at radius 3 is 2.82 bits per heavy atom. The van der Waals surface area contributed by atoms with Gasteiger partial charge >= 0.3 is 0 Å². The van der Waals surface area contributed by atoms with Crippen molar-refractivity contribution in [3.8, 4) is 0 Å². The Morgan fingerprint density at radius 1 is 1.47 bits per heavy atom. The molecular weight excluding hydrogens is 262 g/mol. The highest BCUT2D eigenvalue weighted by Crippen LogP contribution is 2.29. The van der Waals surface area contributed by atoms with E-state index in [0.717, 1.165) is 12.8 Å². The van der Waals surface area contributed by atoms with Crippen LogP contribution in [-0.2, 0) is 14.6 Å². The van der Waals surface area contributed by atoms with E-state index < -0.39 is 9.84 Å². The lowest BCUT2D eigenvalue weighted by Crippen LogP contribution is -2.21. The Hall–Kier alpha value is -0.780. The van der Waals surface area contributed by atoms with Gasteiger partial charge in [-0.25, -0.2) is 8.42 Å². The molecule has 6 heteroatoms. The fourth-order valence-corrected chi connectivity index (χ4v) is 4.20. The molecule has 0 aromatic heterocycles. The highest BCUT2D eigenvalue weighted by atomic mass is 35.5. The van der Waals surface area contributed by atoms with Gasteiger partial charge < -0.3 is 10.5 Å². The van der Waals surface area contributed by atoms with Gasteiger partial charge in [-0.15, -0.1) is 0 Å². The van der Waals surface area contributed by atoms with Crippen molar-refractivity contribution in [2.45, 2.75) is 23.8 Å². The van der Waals surface area contributed by atoms with Gasteiger partial charge in [0.15, 0.2) is 9.84 Å². The average molecular weight is 276 g/mol. The molecule has 2 N–H and O–H groups in total.